The van der Waals surface area contributed by atoms with Crippen molar-refractivity contribution in [3.05, 3.63) is 0 Å². The van der Waals surface area contributed by atoms with E-state index < -0.39 is 31.0 Å². The summed E-state index contributed by atoms with van der Waals surface area (Å²) in [6.07, 6.45) is 21.4. The minimum Gasteiger partial charge on any atom is -0.746 e. The summed E-state index contributed by atoms with van der Waals surface area (Å²) < 4.78 is 63.7. The van der Waals surface area contributed by atoms with Gasteiger partial charge in [-0.2, -0.15) is 0 Å². The smallest absolute Gasteiger partial charge is 0.746 e. The van der Waals surface area contributed by atoms with Gasteiger partial charge in [-0.1, -0.05) is 117 Å². The molecule has 0 radical (unpaired) electrons. The van der Waals surface area contributed by atoms with Crippen LogP contribution >= 0.6 is 0 Å². The average molecular weight is 653 g/mol. The van der Waals surface area contributed by atoms with E-state index in [1.165, 1.54) is 90.9 Å². The Morgan fingerprint density at radius 1 is 0.512 bits per heavy atom. The van der Waals surface area contributed by atoms with Crippen molar-refractivity contribution >= 4 is 69.8 Å². The van der Waals surface area contributed by atoms with Crippen LogP contribution in [0.2, 0.25) is 0 Å². The summed E-state index contributed by atoms with van der Waals surface area (Å²) in [5.74, 6) is -0.722. The molecule has 0 aromatic carbocycles. The molecule has 0 heterocycles. The van der Waals surface area contributed by atoms with Gasteiger partial charge < -0.3 is 19.7 Å². The molecular weight excluding hydrogens is 597 g/mol. The third-order valence-corrected chi connectivity index (χ3v) is 8.58. The van der Waals surface area contributed by atoms with Gasteiger partial charge in [-0.25, -0.2) is 16.8 Å². The quantitative estimate of drug-likeness (QED) is 0.0787. The molecule has 10 nitrogen and oxygen atoms in total. The first kappa shape index (κ1) is 45.4. The van der Waals surface area contributed by atoms with Gasteiger partial charge in [0.05, 0.1) is 0 Å². The van der Waals surface area contributed by atoms with Crippen LogP contribution in [0, 0.1) is 0 Å². The fourth-order valence-electron chi connectivity index (χ4n) is 3.93. The Labute approximate surface area is 280 Å². The van der Waals surface area contributed by atoms with E-state index in [-0.39, 0.29) is 62.4 Å². The largest absolute Gasteiger partial charge is 2.00 e. The van der Waals surface area contributed by atoms with Gasteiger partial charge >= 0.3 is 37.7 Å². The third-order valence-electron chi connectivity index (χ3n) is 6.61. The van der Waals surface area contributed by atoms with Crippen LogP contribution in [-0.4, -0.2) is 86.2 Å². The predicted molar refractivity (Wildman–Crippen MR) is 164 cm³/mol. The second-order valence-corrected chi connectivity index (χ2v) is 13.9. The number of hydrogen-bond acceptors (Lipinski definition) is 8. The van der Waals surface area contributed by atoms with Crippen LogP contribution in [0.4, 0.5) is 0 Å². The Kier molecular flexibility index (Phi) is 31.9. The van der Waals surface area contributed by atoms with Crippen molar-refractivity contribution in [2.75, 3.05) is 0 Å². The first-order valence-electron chi connectivity index (χ1n) is 15.2. The first-order chi connectivity index (χ1) is 18.8. The number of hydrogen-bond donors (Lipinski definition) is 2. The Morgan fingerprint density at radius 2 is 0.732 bits per heavy atom. The second kappa shape index (κ2) is 28.8. The number of carbonyl (C=O) groups excluding carboxylic acids is 2. The van der Waals surface area contributed by atoms with Gasteiger partial charge in [0.25, 0.3) is 0 Å². The zero-order valence-corrected chi connectivity index (χ0v) is 29.9. The Morgan fingerprint density at radius 3 is 0.951 bits per heavy atom. The van der Waals surface area contributed by atoms with Gasteiger partial charge in [0.15, 0.2) is 0 Å². The maximum atomic E-state index is 11.4. The van der Waals surface area contributed by atoms with Crippen LogP contribution in [0.25, 0.3) is 0 Å². The van der Waals surface area contributed by atoms with E-state index in [4.69, 9.17) is 0 Å². The predicted octanol–water partition coefficient (Wildman–Crippen LogP) is 5.45. The van der Waals surface area contributed by atoms with E-state index in [1.807, 2.05) is 0 Å². The van der Waals surface area contributed by atoms with Gasteiger partial charge in [-0.3, -0.25) is 9.59 Å². The maximum Gasteiger partial charge on any atom is 2.00 e. The molecule has 0 aliphatic carbocycles. The average Bonchev–Trinajstić information content (AvgIpc) is 2.86. The fourth-order valence-corrected chi connectivity index (χ4v) is 4.49. The van der Waals surface area contributed by atoms with E-state index in [2.05, 4.69) is 24.5 Å². The molecule has 0 saturated carbocycles. The van der Waals surface area contributed by atoms with E-state index in [9.17, 15) is 35.5 Å². The van der Waals surface area contributed by atoms with Crippen molar-refractivity contribution in [1.29, 1.82) is 0 Å². The number of unbranched alkanes of at least 4 members (excludes halogenated alkanes) is 16. The zero-order chi connectivity index (χ0) is 30.9. The maximum absolute atomic E-state index is 11.4. The van der Waals surface area contributed by atoms with Crippen LogP contribution in [-0.2, 0) is 29.8 Å². The van der Waals surface area contributed by atoms with Crippen molar-refractivity contribution in [3.63, 3.8) is 0 Å². The zero-order valence-electron chi connectivity index (χ0n) is 26.1. The van der Waals surface area contributed by atoms with Gasteiger partial charge in [-0.15, -0.1) is 0 Å². The SMILES string of the molecule is CCCCCCCCCCCC(=O)NC(C)S(=O)(=O)[O-].CCCCCCCCCCCC(=O)NC(C)S(=O)(=O)[O-].[Ca+2]. The fraction of sp³-hybridized carbons (Fsp3) is 0.929. The van der Waals surface area contributed by atoms with Crippen molar-refractivity contribution in [2.45, 2.75) is 167 Å². The normalized spacial score (nSPS) is 12.8. The van der Waals surface area contributed by atoms with E-state index >= 15 is 0 Å². The molecule has 2 N–H and O–H groups in total. The summed E-state index contributed by atoms with van der Waals surface area (Å²) >= 11 is 0. The van der Waals surface area contributed by atoms with Gasteiger partial charge in [0, 0.05) is 12.8 Å². The van der Waals surface area contributed by atoms with Crippen molar-refractivity contribution in [2.24, 2.45) is 0 Å². The second-order valence-electron chi connectivity index (χ2n) is 10.6. The van der Waals surface area contributed by atoms with Crippen LogP contribution in [0.15, 0.2) is 0 Å². The molecule has 41 heavy (non-hydrogen) atoms. The van der Waals surface area contributed by atoms with Crippen LogP contribution in [0.3, 0.4) is 0 Å². The Balaban J connectivity index is -0.000000688. The molecule has 240 valence electrons. The molecule has 2 atom stereocenters. The molecule has 0 bridgehead atoms. The number of rotatable bonds is 24. The third kappa shape index (κ3) is 32.8. The van der Waals surface area contributed by atoms with Gasteiger partial charge in [0.1, 0.15) is 31.0 Å². The Bertz CT molecular complexity index is 785. The summed E-state index contributed by atoms with van der Waals surface area (Å²) in [5, 5.41) is 1.73. The Hall–Kier alpha value is 0.0197. The molecule has 2 unspecified atom stereocenters. The summed E-state index contributed by atoms with van der Waals surface area (Å²) in [6.45, 7) is 6.78. The summed E-state index contributed by atoms with van der Waals surface area (Å²) in [5.41, 5.74) is 0. The monoisotopic (exact) mass is 652 g/mol. The van der Waals surface area contributed by atoms with Crippen molar-refractivity contribution in [3.8, 4) is 0 Å². The van der Waals surface area contributed by atoms with Crippen LogP contribution in [0.1, 0.15) is 156 Å². The molecule has 13 heteroatoms. The van der Waals surface area contributed by atoms with Crippen LogP contribution < -0.4 is 10.6 Å². The molecule has 0 rings (SSSR count). The molecule has 0 aliphatic heterocycles. The summed E-state index contributed by atoms with van der Waals surface area (Å²) in [6, 6.07) is 0. The molecule has 2 amide bonds. The minimum absolute atomic E-state index is 0. The van der Waals surface area contributed by atoms with E-state index in [1.54, 1.807) is 0 Å². The number of amides is 2. The molecule has 0 saturated heterocycles. The summed E-state index contributed by atoms with van der Waals surface area (Å²) in [4.78, 5) is 22.8. The molecule has 0 aromatic heterocycles. The van der Waals surface area contributed by atoms with Crippen molar-refractivity contribution < 1.29 is 35.5 Å². The first-order valence-corrected chi connectivity index (χ1v) is 18.2. The van der Waals surface area contributed by atoms with E-state index in [0.717, 1.165) is 38.5 Å². The minimum atomic E-state index is -4.43. The standard InChI is InChI=1S/2C14H29NO4S.Ca/c2*1-3-4-5-6-7-8-9-10-11-12-14(16)15-13(2)20(17,18)19;/h2*13H,3-12H2,1-2H3,(H,15,16)(H,17,18,19);/q;;+2/p-2. The van der Waals surface area contributed by atoms with Crippen molar-refractivity contribution in [1.82, 2.24) is 10.6 Å². The van der Waals surface area contributed by atoms with Gasteiger partial charge in [0.2, 0.25) is 11.8 Å². The summed E-state index contributed by atoms with van der Waals surface area (Å²) in [7, 11) is -8.86. The number of carbonyl (C=O) groups is 2. The van der Waals surface area contributed by atoms with Gasteiger partial charge in [-0.05, 0) is 26.7 Å². The molecular formula is C28H56CaN2O8S2. The molecule has 0 fully saturated rings. The van der Waals surface area contributed by atoms with E-state index in [0.29, 0.717) is 0 Å². The topological polar surface area (TPSA) is 173 Å². The molecule has 0 aliphatic rings. The molecule has 0 aromatic rings. The number of nitrogens with one attached hydrogen (secondary N) is 2. The van der Waals surface area contributed by atoms with Crippen LogP contribution in [0.5, 0.6) is 0 Å². The molecule has 0 spiro atoms.